The molecule has 29 heavy (non-hydrogen) atoms. The molecule has 0 spiro atoms. The highest BCUT2D eigenvalue weighted by Gasteiger charge is 2.43. The van der Waals surface area contributed by atoms with Gasteiger partial charge in [-0.15, -0.1) is 0 Å². The van der Waals surface area contributed by atoms with Gasteiger partial charge in [-0.1, -0.05) is 72.5 Å². The van der Waals surface area contributed by atoms with Gasteiger partial charge in [0.15, 0.2) is 0 Å². The Hall–Kier alpha value is -2.97. The zero-order chi connectivity index (χ0) is 20.7. The lowest BCUT2D eigenvalue weighted by Gasteiger charge is -2.23. The number of hydrogen-bond donors (Lipinski definition) is 1. The Morgan fingerprint density at radius 1 is 1.07 bits per heavy atom. The fourth-order valence-corrected chi connectivity index (χ4v) is 5.05. The van der Waals surface area contributed by atoms with Crippen molar-refractivity contribution < 1.29 is 14.4 Å². The largest absolute Gasteiger partial charge is 0.368 e. The molecule has 8 heteroatoms. The van der Waals surface area contributed by atoms with Crippen LogP contribution in [0, 0.1) is 0 Å². The lowest BCUT2D eigenvalue weighted by Crippen LogP contribution is -2.36. The van der Waals surface area contributed by atoms with Crippen molar-refractivity contribution in [1.82, 2.24) is 4.90 Å². The Bertz CT molecular complexity index is 1080. The van der Waals surface area contributed by atoms with Crippen molar-refractivity contribution in [3.8, 4) is 0 Å². The van der Waals surface area contributed by atoms with Crippen LogP contribution in [0.25, 0.3) is 5.57 Å². The van der Waals surface area contributed by atoms with Gasteiger partial charge in [-0.25, -0.2) is 0 Å². The van der Waals surface area contributed by atoms with E-state index in [1.54, 1.807) is 24.3 Å². The molecule has 1 saturated heterocycles. The Kier molecular flexibility index (Phi) is 4.97. The molecule has 2 aromatic carbocycles. The van der Waals surface area contributed by atoms with Crippen LogP contribution in [0.15, 0.2) is 59.5 Å². The fraction of sp³-hybridized carbons (Fsp3) is 0.143. The van der Waals surface area contributed by atoms with Gasteiger partial charge in [0.05, 0.1) is 22.2 Å². The van der Waals surface area contributed by atoms with Crippen LogP contribution in [-0.4, -0.2) is 33.5 Å². The summed E-state index contributed by atoms with van der Waals surface area (Å²) in [5.41, 5.74) is 7.70. The minimum Gasteiger partial charge on any atom is -0.368 e. The number of hydrogen-bond acceptors (Lipinski definition) is 5. The average molecular weight is 424 g/mol. The van der Waals surface area contributed by atoms with Gasteiger partial charge in [0.1, 0.15) is 10.9 Å². The molecule has 2 aliphatic rings. The van der Waals surface area contributed by atoms with Gasteiger partial charge in [0, 0.05) is 5.56 Å². The van der Waals surface area contributed by atoms with E-state index in [0.717, 1.165) is 17.3 Å². The monoisotopic (exact) mass is 423 g/mol. The van der Waals surface area contributed by atoms with Crippen LogP contribution >= 0.6 is 24.0 Å². The molecule has 2 heterocycles. The Morgan fingerprint density at radius 3 is 2.41 bits per heavy atom. The SMILES string of the molecule is CC(c1ccccc1)N1C(=O)C(=C2C(=O)N(CC(N)=O)c3ccccc32)SC1=S. The third-order valence-corrected chi connectivity index (χ3v) is 6.33. The van der Waals surface area contributed by atoms with E-state index >= 15 is 0 Å². The maximum atomic E-state index is 13.3. The Labute approximate surface area is 177 Å². The number of carbonyl (C=O) groups is 3. The van der Waals surface area contributed by atoms with Crippen LogP contribution in [0.4, 0.5) is 5.69 Å². The Balaban J connectivity index is 1.78. The summed E-state index contributed by atoms with van der Waals surface area (Å²) >= 11 is 6.59. The van der Waals surface area contributed by atoms with E-state index in [0.29, 0.717) is 15.6 Å². The van der Waals surface area contributed by atoms with Crippen LogP contribution in [0.5, 0.6) is 0 Å². The van der Waals surface area contributed by atoms with Crippen molar-refractivity contribution in [2.75, 3.05) is 11.4 Å². The van der Waals surface area contributed by atoms with Crippen molar-refractivity contribution in [2.24, 2.45) is 5.73 Å². The number of fused-ring (bicyclic) bond motifs is 1. The summed E-state index contributed by atoms with van der Waals surface area (Å²) in [5.74, 6) is -1.35. The van der Waals surface area contributed by atoms with Crippen LogP contribution in [-0.2, 0) is 14.4 Å². The van der Waals surface area contributed by atoms with Gasteiger partial charge in [-0.2, -0.15) is 0 Å². The molecule has 0 radical (unpaired) electrons. The molecule has 1 fully saturated rings. The molecular formula is C21H17N3O3S2. The maximum absolute atomic E-state index is 13.3. The minimum atomic E-state index is -0.625. The zero-order valence-corrected chi connectivity index (χ0v) is 17.1. The maximum Gasteiger partial charge on any atom is 0.267 e. The summed E-state index contributed by atoms with van der Waals surface area (Å²) in [6, 6.07) is 16.4. The number of nitrogens with two attached hydrogens (primary N) is 1. The molecule has 6 nitrogen and oxygen atoms in total. The van der Waals surface area contributed by atoms with E-state index in [2.05, 4.69) is 0 Å². The second-order valence-corrected chi connectivity index (χ2v) is 8.35. The number of thioether (sulfide) groups is 1. The summed E-state index contributed by atoms with van der Waals surface area (Å²) in [5, 5.41) is 0. The van der Waals surface area contributed by atoms with E-state index in [4.69, 9.17) is 18.0 Å². The molecule has 1 unspecified atom stereocenters. The van der Waals surface area contributed by atoms with E-state index in [1.165, 1.54) is 9.80 Å². The molecule has 0 saturated carbocycles. The van der Waals surface area contributed by atoms with Crippen LogP contribution in [0.3, 0.4) is 0 Å². The van der Waals surface area contributed by atoms with Crippen molar-refractivity contribution >= 4 is 57.3 Å². The predicted molar refractivity (Wildman–Crippen MR) is 117 cm³/mol. The molecule has 0 bridgehead atoms. The number of rotatable bonds is 4. The van der Waals surface area contributed by atoms with Crippen LogP contribution in [0.2, 0.25) is 0 Å². The van der Waals surface area contributed by atoms with E-state index < -0.39 is 11.8 Å². The smallest absolute Gasteiger partial charge is 0.267 e. The number of anilines is 1. The lowest BCUT2D eigenvalue weighted by molar-refractivity contribution is -0.123. The highest BCUT2D eigenvalue weighted by molar-refractivity contribution is 8.26. The summed E-state index contributed by atoms with van der Waals surface area (Å²) < 4.78 is 0.396. The van der Waals surface area contributed by atoms with Crippen molar-refractivity contribution in [1.29, 1.82) is 0 Å². The van der Waals surface area contributed by atoms with Crippen molar-refractivity contribution in [3.63, 3.8) is 0 Å². The van der Waals surface area contributed by atoms with Gasteiger partial charge in [-0.3, -0.25) is 24.2 Å². The first-order valence-electron chi connectivity index (χ1n) is 8.94. The first-order valence-corrected chi connectivity index (χ1v) is 10.2. The van der Waals surface area contributed by atoms with Gasteiger partial charge >= 0.3 is 0 Å². The molecule has 0 aliphatic carbocycles. The minimum absolute atomic E-state index is 0.250. The molecule has 2 N–H and O–H groups in total. The summed E-state index contributed by atoms with van der Waals surface area (Å²) in [7, 11) is 0. The molecule has 146 valence electrons. The van der Waals surface area contributed by atoms with Crippen molar-refractivity contribution in [3.05, 3.63) is 70.6 Å². The quantitative estimate of drug-likeness (QED) is 0.604. The van der Waals surface area contributed by atoms with E-state index in [1.807, 2.05) is 37.3 Å². The van der Waals surface area contributed by atoms with Crippen molar-refractivity contribution in [2.45, 2.75) is 13.0 Å². The first-order chi connectivity index (χ1) is 13.9. The van der Waals surface area contributed by atoms with Crippen LogP contribution < -0.4 is 10.6 Å². The van der Waals surface area contributed by atoms with E-state index in [-0.39, 0.29) is 29.0 Å². The highest BCUT2D eigenvalue weighted by Crippen LogP contribution is 2.46. The third-order valence-electron chi connectivity index (χ3n) is 4.93. The topological polar surface area (TPSA) is 83.7 Å². The summed E-state index contributed by atoms with van der Waals surface area (Å²) in [6.07, 6.45) is 0. The number of para-hydroxylation sites is 1. The van der Waals surface area contributed by atoms with Crippen LogP contribution in [0.1, 0.15) is 24.1 Å². The average Bonchev–Trinajstić information content (AvgIpc) is 3.14. The molecule has 1 atom stereocenters. The molecule has 4 rings (SSSR count). The standard InChI is InChI=1S/C21H17N3O3S2/c1-12(13-7-3-2-4-8-13)24-20(27)18(29-21(24)28)17-14-9-5-6-10-15(14)23(19(17)26)11-16(22)25/h2-10,12H,11H2,1H3,(H2,22,25). The van der Waals surface area contributed by atoms with Gasteiger partial charge in [-0.05, 0) is 18.6 Å². The number of carbonyl (C=O) groups excluding carboxylic acids is 3. The molecular weight excluding hydrogens is 406 g/mol. The number of amides is 3. The number of nitrogens with zero attached hydrogens (tertiary/aromatic N) is 2. The number of benzene rings is 2. The molecule has 2 aromatic rings. The highest BCUT2D eigenvalue weighted by atomic mass is 32.2. The summed E-state index contributed by atoms with van der Waals surface area (Å²) in [4.78, 5) is 41.0. The van der Waals surface area contributed by atoms with Gasteiger partial charge in [0.2, 0.25) is 5.91 Å². The fourth-order valence-electron chi connectivity index (χ4n) is 3.56. The Morgan fingerprint density at radius 2 is 1.72 bits per heavy atom. The molecule has 3 amide bonds. The zero-order valence-electron chi connectivity index (χ0n) is 15.5. The van der Waals surface area contributed by atoms with Gasteiger partial charge < -0.3 is 5.73 Å². The molecule has 2 aliphatic heterocycles. The normalized spacial score (nSPS) is 19.7. The van der Waals surface area contributed by atoms with E-state index in [9.17, 15) is 14.4 Å². The first kappa shape index (κ1) is 19.4. The number of thiocarbonyl (C=S) groups is 1. The third kappa shape index (κ3) is 3.24. The summed E-state index contributed by atoms with van der Waals surface area (Å²) in [6.45, 7) is 1.65. The second kappa shape index (κ2) is 7.46. The second-order valence-electron chi connectivity index (χ2n) is 6.71. The number of primary amides is 1. The molecule has 0 aromatic heterocycles. The predicted octanol–water partition coefficient (Wildman–Crippen LogP) is 2.85. The van der Waals surface area contributed by atoms with Gasteiger partial charge in [0.25, 0.3) is 11.8 Å². The lowest BCUT2D eigenvalue weighted by atomic mass is 10.1.